The van der Waals surface area contributed by atoms with Crippen LogP contribution in [-0.4, -0.2) is 37.1 Å². The third kappa shape index (κ3) is 2.14. The molecule has 3 atom stereocenters. The van der Waals surface area contributed by atoms with Crippen LogP contribution in [0, 0.1) is 11.8 Å². The Morgan fingerprint density at radius 3 is 2.58 bits per heavy atom. The van der Waals surface area contributed by atoms with E-state index in [1.54, 1.807) is 0 Å². The molecule has 4 heteroatoms. The lowest BCUT2D eigenvalue weighted by atomic mass is 9.64. The number of methoxy groups -OCH3 is 1. The molecule has 19 heavy (non-hydrogen) atoms. The SMILES string of the molecule is CO[C@]1(c2cccc(Br)n2)[C@@H]2CCC[C@H]1CN(C)C2. The van der Waals surface area contributed by atoms with Gasteiger partial charge in [0, 0.05) is 32.0 Å². The van der Waals surface area contributed by atoms with Crippen LogP contribution < -0.4 is 0 Å². The molecule has 1 saturated carbocycles. The molecule has 0 aromatic carbocycles. The van der Waals surface area contributed by atoms with E-state index < -0.39 is 0 Å². The highest BCUT2D eigenvalue weighted by molar-refractivity contribution is 9.10. The summed E-state index contributed by atoms with van der Waals surface area (Å²) in [6.45, 7) is 2.22. The molecule has 104 valence electrons. The normalized spacial score (nSPS) is 35.3. The first-order chi connectivity index (χ1) is 9.16. The number of piperidine rings is 1. The Hall–Kier alpha value is -0.450. The Morgan fingerprint density at radius 1 is 1.32 bits per heavy atom. The zero-order valence-corrected chi connectivity index (χ0v) is 13.2. The molecule has 1 saturated heterocycles. The van der Waals surface area contributed by atoms with Gasteiger partial charge in [-0.15, -0.1) is 0 Å². The lowest BCUT2D eigenvalue weighted by Crippen LogP contribution is -2.58. The van der Waals surface area contributed by atoms with Crippen LogP contribution in [0.5, 0.6) is 0 Å². The number of aromatic nitrogens is 1. The molecule has 1 aromatic rings. The van der Waals surface area contributed by atoms with E-state index >= 15 is 0 Å². The zero-order valence-electron chi connectivity index (χ0n) is 11.6. The van der Waals surface area contributed by atoms with Gasteiger partial charge in [0.1, 0.15) is 10.2 Å². The third-order valence-corrected chi connectivity index (χ3v) is 5.28. The van der Waals surface area contributed by atoms with Crippen molar-refractivity contribution in [2.24, 2.45) is 11.8 Å². The highest BCUT2D eigenvalue weighted by Crippen LogP contribution is 2.50. The van der Waals surface area contributed by atoms with Crippen molar-refractivity contribution < 1.29 is 4.74 Å². The van der Waals surface area contributed by atoms with E-state index in [1.165, 1.54) is 19.3 Å². The summed E-state index contributed by atoms with van der Waals surface area (Å²) in [7, 11) is 4.08. The molecule has 1 aliphatic carbocycles. The van der Waals surface area contributed by atoms with Gasteiger partial charge in [0.05, 0.1) is 5.69 Å². The van der Waals surface area contributed by atoms with Crippen molar-refractivity contribution in [2.45, 2.75) is 24.9 Å². The number of pyridine rings is 1. The van der Waals surface area contributed by atoms with E-state index in [2.05, 4.69) is 40.0 Å². The summed E-state index contributed by atoms with van der Waals surface area (Å²) >= 11 is 3.50. The Balaban J connectivity index is 2.07. The molecule has 0 N–H and O–H groups in total. The second-order valence-electron chi connectivity index (χ2n) is 5.89. The Bertz CT molecular complexity index is 451. The smallest absolute Gasteiger partial charge is 0.118 e. The molecule has 2 bridgehead atoms. The number of nitrogens with zero attached hydrogens (tertiary/aromatic N) is 2. The fourth-order valence-corrected chi connectivity index (χ4v) is 4.48. The highest BCUT2D eigenvalue weighted by atomic mass is 79.9. The van der Waals surface area contributed by atoms with Gasteiger partial charge in [-0.2, -0.15) is 0 Å². The Kier molecular flexibility index (Phi) is 3.67. The van der Waals surface area contributed by atoms with Crippen LogP contribution in [0.4, 0.5) is 0 Å². The van der Waals surface area contributed by atoms with E-state index in [0.717, 1.165) is 23.4 Å². The molecule has 2 heterocycles. The first-order valence-electron chi connectivity index (χ1n) is 7.03. The summed E-state index contributed by atoms with van der Waals surface area (Å²) in [5.74, 6) is 1.11. The average Bonchev–Trinajstić information content (AvgIpc) is 2.38. The van der Waals surface area contributed by atoms with E-state index in [9.17, 15) is 0 Å². The largest absolute Gasteiger partial charge is 0.371 e. The maximum absolute atomic E-state index is 6.13. The minimum Gasteiger partial charge on any atom is -0.371 e. The summed E-state index contributed by atoms with van der Waals surface area (Å²) in [6.07, 6.45) is 3.80. The first kappa shape index (κ1) is 13.5. The van der Waals surface area contributed by atoms with E-state index in [0.29, 0.717) is 11.8 Å². The van der Waals surface area contributed by atoms with Crippen LogP contribution in [0.25, 0.3) is 0 Å². The Labute approximate surface area is 123 Å². The van der Waals surface area contributed by atoms with Gasteiger partial charge in [-0.1, -0.05) is 12.5 Å². The van der Waals surface area contributed by atoms with Gasteiger partial charge in [0.25, 0.3) is 0 Å². The third-order valence-electron chi connectivity index (χ3n) is 4.84. The number of fused-ring (bicyclic) bond motifs is 2. The second-order valence-corrected chi connectivity index (χ2v) is 6.70. The average molecular weight is 325 g/mol. The maximum atomic E-state index is 6.13. The van der Waals surface area contributed by atoms with Crippen LogP contribution in [-0.2, 0) is 10.3 Å². The molecule has 0 unspecified atom stereocenters. The molecule has 3 nitrogen and oxygen atoms in total. The standard InChI is InChI=1S/C15H21BrN2O/c1-18-9-11-5-3-6-12(10-18)15(11,19-2)13-7-4-8-14(16)17-13/h4,7-8,11-12H,3,5-6,9-10H2,1-2H3/t11-,12+,15-. The number of rotatable bonds is 2. The number of hydrogen-bond acceptors (Lipinski definition) is 3. The minimum atomic E-state index is -0.186. The minimum absolute atomic E-state index is 0.186. The highest BCUT2D eigenvalue weighted by Gasteiger charge is 2.53. The van der Waals surface area contributed by atoms with Gasteiger partial charge >= 0.3 is 0 Å². The van der Waals surface area contributed by atoms with Crippen LogP contribution >= 0.6 is 15.9 Å². The molecular weight excluding hydrogens is 304 g/mol. The lowest BCUT2D eigenvalue weighted by Gasteiger charge is -2.54. The maximum Gasteiger partial charge on any atom is 0.118 e. The first-order valence-corrected chi connectivity index (χ1v) is 7.83. The van der Waals surface area contributed by atoms with Crippen molar-refractivity contribution in [3.63, 3.8) is 0 Å². The fourth-order valence-electron chi connectivity index (χ4n) is 4.14. The predicted octanol–water partition coefficient (Wildman–Crippen LogP) is 3.05. The number of halogens is 1. The topological polar surface area (TPSA) is 25.4 Å². The molecule has 1 aromatic heterocycles. The van der Waals surface area contributed by atoms with Crippen molar-refractivity contribution >= 4 is 15.9 Å². The monoisotopic (exact) mass is 324 g/mol. The molecule has 3 rings (SSSR count). The summed E-state index contributed by atoms with van der Waals surface area (Å²) in [4.78, 5) is 7.17. The quantitative estimate of drug-likeness (QED) is 0.782. The van der Waals surface area contributed by atoms with Crippen molar-refractivity contribution in [1.82, 2.24) is 9.88 Å². The second kappa shape index (κ2) is 5.15. The van der Waals surface area contributed by atoms with Crippen LogP contribution in [0.3, 0.4) is 0 Å². The van der Waals surface area contributed by atoms with Crippen molar-refractivity contribution in [3.05, 3.63) is 28.5 Å². The van der Waals surface area contributed by atoms with Gasteiger partial charge in [-0.3, -0.25) is 0 Å². The molecule has 1 aliphatic heterocycles. The van der Waals surface area contributed by atoms with E-state index in [4.69, 9.17) is 9.72 Å². The van der Waals surface area contributed by atoms with Crippen LogP contribution in [0.15, 0.2) is 22.8 Å². The van der Waals surface area contributed by atoms with Crippen LogP contribution in [0.1, 0.15) is 25.0 Å². The van der Waals surface area contributed by atoms with Gasteiger partial charge in [-0.25, -0.2) is 4.98 Å². The van der Waals surface area contributed by atoms with Crippen LogP contribution in [0.2, 0.25) is 0 Å². The molecule has 0 amide bonds. The zero-order chi connectivity index (χ0) is 13.5. The molecular formula is C15H21BrN2O. The molecule has 2 aliphatic rings. The predicted molar refractivity (Wildman–Crippen MR) is 79.0 cm³/mol. The lowest BCUT2D eigenvalue weighted by molar-refractivity contribution is -0.168. The van der Waals surface area contributed by atoms with Gasteiger partial charge in [-0.05, 0) is 48.0 Å². The number of ether oxygens (including phenoxy) is 1. The summed E-state index contributed by atoms with van der Waals surface area (Å²) in [5, 5.41) is 0. The van der Waals surface area contributed by atoms with E-state index in [1.807, 2.05) is 13.2 Å². The van der Waals surface area contributed by atoms with Crippen molar-refractivity contribution in [3.8, 4) is 0 Å². The van der Waals surface area contributed by atoms with Gasteiger partial charge in [0.2, 0.25) is 0 Å². The Morgan fingerprint density at radius 2 is 2.00 bits per heavy atom. The number of likely N-dealkylation sites (tertiary alicyclic amines) is 1. The van der Waals surface area contributed by atoms with Gasteiger partial charge in [0.15, 0.2) is 0 Å². The van der Waals surface area contributed by atoms with Crippen molar-refractivity contribution in [1.29, 1.82) is 0 Å². The summed E-state index contributed by atoms with van der Waals surface area (Å²) < 4.78 is 7.03. The van der Waals surface area contributed by atoms with Crippen molar-refractivity contribution in [2.75, 3.05) is 27.2 Å². The molecule has 0 radical (unpaired) electrons. The molecule has 2 fully saturated rings. The fraction of sp³-hybridized carbons (Fsp3) is 0.667. The molecule has 0 spiro atoms. The number of hydrogen-bond donors (Lipinski definition) is 0. The summed E-state index contributed by atoms with van der Waals surface area (Å²) in [6, 6.07) is 6.18. The van der Waals surface area contributed by atoms with E-state index in [-0.39, 0.29) is 5.60 Å². The summed E-state index contributed by atoms with van der Waals surface area (Å²) in [5.41, 5.74) is 0.918. The van der Waals surface area contributed by atoms with Gasteiger partial charge < -0.3 is 9.64 Å².